The second-order valence-electron chi connectivity index (χ2n) is 6.65. The van der Waals surface area contributed by atoms with E-state index in [-0.39, 0.29) is 17.9 Å². The van der Waals surface area contributed by atoms with Gasteiger partial charge in [-0.15, -0.1) is 0 Å². The molecule has 0 unspecified atom stereocenters. The van der Waals surface area contributed by atoms with E-state index >= 15 is 0 Å². The molecule has 1 amide bonds. The number of aryl methyl sites for hydroxylation is 1. The number of rotatable bonds is 9. The molecule has 3 heteroatoms. The number of hydrogen-bond donors (Lipinski definition) is 2. The van der Waals surface area contributed by atoms with Gasteiger partial charge < -0.3 is 10.4 Å². The summed E-state index contributed by atoms with van der Waals surface area (Å²) in [6.07, 6.45) is 10.6. The summed E-state index contributed by atoms with van der Waals surface area (Å²) in [5.74, 6) is 0.376. The Bertz CT molecular complexity index is 498. The standard InChI is InChI=1S/C20H29NO2/c1-16(19(22)14-12-18-13-15-20(23)21-18)8-4-2-5-9-17-10-6-3-7-11-17/h3,6-7,10-12,14,16,18-19,22H,2,4-5,8-9,13,15H2,1H3,(H,21,23)/b14-12+/t16-,18-,19+/m0/s1. The largest absolute Gasteiger partial charge is 0.389 e. The third-order valence-corrected chi connectivity index (χ3v) is 4.62. The SMILES string of the molecule is C[C@@H](CCCCCc1ccccc1)[C@H](O)/C=C/[C@H]1CCC(=O)N1. The third-order valence-electron chi connectivity index (χ3n) is 4.62. The molecule has 2 N–H and O–H groups in total. The van der Waals surface area contributed by atoms with Crippen molar-refractivity contribution >= 4 is 5.91 Å². The number of nitrogens with one attached hydrogen (secondary N) is 1. The van der Waals surface area contributed by atoms with Gasteiger partial charge in [0, 0.05) is 12.5 Å². The number of aliphatic hydroxyl groups excluding tert-OH is 1. The summed E-state index contributed by atoms with van der Waals surface area (Å²) in [5.41, 5.74) is 1.40. The summed E-state index contributed by atoms with van der Waals surface area (Å²) in [6.45, 7) is 2.10. The highest BCUT2D eigenvalue weighted by atomic mass is 16.3. The van der Waals surface area contributed by atoms with Gasteiger partial charge in [0.05, 0.1) is 6.10 Å². The molecule has 126 valence electrons. The number of amides is 1. The van der Waals surface area contributed by atoms with E-state index in [0.717, 1.165) is 25.7 Å². The van der Waals surface area contributed by atoms with E-state index < -0.39 is 6.10 Å². The lowest BCUT2D eigenvalue weighted by molar-refractivity contribution is -0.119. The Labute approximate surface area is 139 Å². The molecule has 0 saturated carbocycles. The summed E-state index contributed by atoms with van der Waals surface area (Å²) >= 11 is 0. The van der Waals surface area contributed by atoms with E-state index in [1.54, 1.807) is 0 Å². The zero-order valence-electron chi connectivity index (χ0n) is 14.1. The number of hydrogen-bond acceptors (Lipinski definition) is 2. The zero-order valence-corrected chi connectivity index (χ0v) is 14.1. The van der Waals surface area contributed by atoms with Crippen LogP contribution >= 0.6 is 0 Å². The predicted molar refractivity (Wildman–Crippen MR) is 94.1 cm³/mol. The lowest BCUT2D eigenvalue weighted by atomic mass is 9.95. The minimum Gasteiger partial charge on any atom is -0.389 e. The number of benzene rings is 1. The highest BCUT2D eigenvalue weighted by Gasteiger charge is 2.18. The Hall–Kier alpha value is -1.61. The van der Waals surface area contributed by atoms with Gasteiger partial charge in [-0.2, -0.15) is 0 Å². The van der Waals surface area contributed by atoms with Crippen LogP contribution in [-0.2, 0) is 11.2 Å². The topological polar surface area (TPSA) is 49.3 Å². The first-order chi connectivity index (χ1) is 11.1. The van der Waals surface area contributed by atoms with Crippen LogP contribution in [0, 0.1) is 5.92 Å². The van der Waals surface area contributed by atoms with Crippen molar-refractivity contribution in [3.8, 4) is 0 Å². The number of unbranched alkanes of at least 4 members (excludes halogenated alkanes) is 2. The fourth-order valence-electron chi connectivity index (χ4n) is 3.01. The minimum atomic E-state index is -0.415. The summed E-state index contributed by atoms with van der Waals surface area (Å²) in [7, 11) is 0. The second-order valence-corrected chi connectivity index (χ2v) is 6.65. The van der Waals surface area contributed by atoms with Crippen molar-refractivity contribution in [3.05, 3.63) is 48.0 Å². The van der Waals surface area contributed by atoms with Crippen molar-refractivity contribution in [2.24, 2.45) is 5.92 Å². The van der Waals surface area contributed by atoms with Crippen LogP contribution in [0.4, 0.5) is 0 Å². The Morgan fingerprint density at radius 3 is 2.74 bits per heavy atom. The van der Waals surface area contributed by atoms with Crippen LogP contribution in [0.2, 0.25) is 0 Å². The van der Waals surface area contributed by atoms with Gasteiger partial charge >= 0.3 is 0 Å². The van der Waals surface area contributed by atoms with Crippen LogP contribution in [0.15, 0.2) is 42.5 Å². The highest BCUT2D eigenvalue weighted by molar-refractivity contribution is 5.78. The molecule has 3 atom stereocenters. The quantitative estimate of drug-likeness (QED) is 0.540. The maximum atomic E-state index is 11.1. The molecule has 1 fully saturated rings. The first-order valence-corrected chi connectivity index (χ1v) is 8.85. The Kier molecular flexibility index (Phi) is 7.34. The highest BCUT2D eigenvalue weighted by Crippen LogP contribution is 2.17. The molecule has 1 aromatic carbocycles. The van der Waals surface area contributed by atoms with E-state index in [9.17, 15) is 9.90 Å². The summed E-state index contributed by atoms with van der Waals surface area (Å²) in [4.78, 5) is 11.1. The molecule has 0 aliphatic carbocycles. The Morgan fingerprint density at radius 1 is 1.26 bits per heavy atom. The summed E-state index contributed by atoms with van der Waals surface area (Å²) in [6, 6.07) is 10.7. The maximum Gasteiger partial charge on any atom is 0.220 e. The molecule has 0 spiro atoms. The predicted octanol–water partition coefficient (Wildman–Crippen LogP) is 3.62. The van der Waals surface area contributed by atoms with Crippen molar-refractivity contribution in [2.75, 3.05) is 0 Å². The lowest BCUT2D eigenvalue weighted by Gasteiger charge is -2.16. The van der Waals surface area contributed by atoms with Crippen LogP contribution in [0.1, 0.15) is 51.0 Å². The van der Waals surface area contributed by atoms with Crippen LogP contribution in [0.3, 0.4) is 0 Å². The first-order valence-electron chi connectivity index (χ1n) is 8.85. The molecular weight excluding hydrogens is 286 g/mol. The third kappa shape index (κ3) is 6.57. The van der Waals surface area contributed by atoms with Crippen molar-refractivity contribution in [2.45, 2.75) is 64.0 Å². The van der Waals surface area contributed by atoms with Gasteiger partial charge in [0.1, 0.15) is 0 Å². The fourth-order valence-corrected chi connectivity index (χ4v) is 3.01. The number of aliphatic hydroxyl groups is 1. The Morgan fingerprint density at radius 2 is 2.04 bits per heavy atom. The molecule has 1 saturated heterocycles. The van der Waals surface area contributed by atoms with E-state index in [1.807, 2.05) is 12.2 Å². The van der Waals surface area contributed by atoms with Gasteiger partial charge in [-0.25, -0.2) is 0 Å². The van der Waals surface area contributed by atoms with Gasteiger partial charge in [0.15, 0.2) is 0 Å². The van der Waals surface area contributed by atoms with Crippen LogP contribution in [-0.4, -0.2) is 23.2 Å². The molecule has 1 aromatic rings. The number of carbonyl (C=O) groups excluding carboxylic acids is 1. The molecule has 3 nitrogen and oxygen atoms in total. The maximum absolute atomic E-state index is 11.1. The van der Waals surface area contributed by atoms with E-state index in [4.69, 9.17) is 0 Å². The molecule has 1 heterocycles. The van der Waals surface area contributed by atoms with Crippen molar-refractivity contribution in [1.82, 2.24) is 5.32 Å². The normalized spacial score (nSPS) is 20.6. The molecule has 2 rings (SSSR count). The lowest BCUT2D eigenvalue weighted by Crippen LogP contribution is -2.24. The summed E-state index contributed by atoms with van der Waals surface area (Å²) in [5, 5.41) is 13.1. The van der Waals surface area contributed by atoms with E-state index in [1.165, 1.54) is 18.4 Å². The van der Waals surface area contributed by atoms with Crippen molar-refractivity contribution in [1.29, 1.82) is 0 Å². The van der Waals surface area contributed by atoms with Crippen LogP contribution < -0.4 is 5.32 Å². The molecule has 23 heavy (non-hydrogen) atoms. The number of carbonyl (C=O) groups is 1. The zero-order chi connectivity index (χ0) is 16.5. The average Bonchev–Trinajstić information content (AvgIpc) is 2.98. The monoisotopic (exact) mass is 315 g/mol. The smallest absolute Gasteiger partial charge is 0.220 e. The Balaban J connectivity index is 1.57. The van der Waals surface area contributed by atoms with Gasteiger partial charge in [0.25, 0.3) is 0 Å². The molecule has 1 aliphatic heterocycles. The fraction of sp³-hybridized carbons (Fsp3) is 0.550. The van der Waals surface area contributed by atoms with Crippen molar-refractivity contribution < 1.29 is 9.90 Å². The summed E-state index contributed by atoms with van der Waals surface area (Å²) < 4.78 is 0. The van der Waals surface area contributed by atoms with Crippen LogP contribution in [0.5, 0.6) is 0 Å². The molecule has 0 bridgehead atoms. The van der Waals surface area contributed by atoms with Gasteiger partial charge in [0.2, 0.25) is 5.91 Å². The first kappa shape index (κ1) is 17.7. The van der Waals surface area contributed by atoms with Gasteiger partial charge in [-0.3, -0.25) is 4.79 Å². The van der Waals surface area contributed by atoms with Crippen LogP contribution in [0.25, 0.3) is 0 Å². The van der Waals surface area contributed by atoms with E-state index in [2.05, 4.69) is 42.6 Å². The molecule has 1 aliphatic rings. The molecular formula is C20H29NO2. The average molecular weight is 315 g/mol. The second kappa shape index (κ2) is 9.51. The minimum absolute atomic E-state index is 0.107. The van der Waals surface area contributed by atoms with Gasteiger partial charge in [-0.1, -0.05) is 62.2 Å². The molecule has 0 aromatic heterocycles. The van der Waals surface area contributed by atoms with E-state index in [0.29, 0.717) is 6.42 Å². The van der Waals surface area contributed by atoms with Gasteiger partial charge in [-0.05, 0) is 37.2 Å². The molecule has 0 radical (unpaired) electrons. The van der Waals surface area contributed by atoms with Crippen molar-refractivity contribution in [3.63, 3.8) is 0 Å².